The van der Waals surface area contributed by atoms with Crippen molar-refractivity contribution in [2.45, 2.75) is 38.6 Å². The van der Waals surface area contributed by atoms with Crippen molar-refractivity contribution in [2.75, 3.05) is 13.7 Å². The molecule has 0 aromatic rings. The summed E-state index contributed by atoms with van der Waals surface area (Å²) >= 11 is 0. The molecule has 1 unspecified atom stereocenters. The second-order valence-electron chi connectivity index (χ2n) is 3.76. The molecule has 0 bridgehead atoms. The molecular weight excluding hydrogens is 166 g/mol. The number of likely N-dealkylation sites (N-methyl/N-ethyl adjacent to an activating group) is 1. The van der Waals surface area contributed by atoms with E-state index in [-0.39, 0.29) is 12.0 Å². The van der Waals surface area contributed by atoms with E-state index >= 15 is 0 Å². The van der Waals surface area contributed by atoms with Crippen molar-refractivity contribution in [1.29, 1.82) is 0 Å². The van der Waals surface area contributed by atoms with Gasteiger partial charge in [-0.25, -0.2) is 0 Å². The average Bonchev–Trinajstić information content (AvgIpc) is 2.07. The molecule has 1 aliphatic rings. The van der Waals surface area contributed by atoms with Crippen LogP contribution in [-0.2, 0) is 9.53 Å². The Labute approximate surface area is 79.8 Å². The van der Waals surface area contributed by atoms with Crippen molar-refractivity contribution in [2.24, 2.45) is 5.92 Å². The quantitative estimate of drug-likeness (QED) is 0.657. The van der Waals surface area contributed by atoms with Crippen LogP contribution < -0.4 is 5.32 Å². The summed E-state index contributed by atoms with van der Waals surface area (Å²) < 4.78 is 5.10. The molecule has 0 amide bonds. The average molecular weight is 185 g/mol. The van der Waals surface area contributed by atoms with Crippen molar-refractivity contribution in [1.82, 2.24) is 5.32 Å². The Balaban J connectivity index is 2.00. The lowest BCUT2D eigenvalue weighted by Gasteiger charge is -2.25. The van der Waals surface area contributed by atoms with Crippen LogP contribution in [0.3, 0.4) is 0 Å². The van der Waals surface area contributed by atoms with E-state index in [1.54, 1.807) is 7.05 Å². The molecule has 1 N–H and O–H groups in total. The molecule has 1 rings (SSSR count). The lowest BCUT2D eigenvalue weighted by molar-refractivity contribution is -0.146. The van der Waals surface area contributed by atoms with E-state index in [9.17, 15) is 4.79 Å². The zero-order valence-corrected chi connectivity index (χ0v) is 8.51. The largest absolute Gasteiger partial charge is 0.465 e. The number of hydrogen-bond donors (Lipinski definition) is 1. The fraction of sp³-hybridized carbons (Fsp3) is 0.900. The fourth-order valence-corrected chi connectivity index (χ4v) is 1.35. The smallest absolute Gasteiger partial charge is 0.322 e. The van der Waals surface area contributed by atoms with E-state index in [0.717, 1.165) is 12.3 Å². The molecule has 3 nitrogen and oxygen atoms in total. The van der Waals surface area contributed by atoms with Gasteiger partial charge in [0, 0.05) is 0 Å². The first kappa shape index (κ1) is 10.5. The van der Waals surface area contributed by atoms with Gasteiger partial charge in [-0.3, -0.25) is 4.79 Å². The molecule has 0 radical (unpaired) electrons. The van der Waals surface area contributed by atoms with Crippen molar-refractivity contribution in [3.63, 3.8) is 0 Å². The minimum atomic E-state index is -0.179. The standard InChI is InChI=1S/C10H19NO2/c1-8(11-2)10(12)13-7-6-9-4-3-5-9/h8-9,11H,3-7H2,1-2H3. The van der Waals surface area contributed by atoms with Gasteiger partial charge in [0.15, 0.2) is 0 Å². The van der Waals surface area contributed by atoms with Gasteiger partial charge in [0.05, 0.1) is 6.61 Å². The summed E-state index contributed by atoms with van der Waals surface area (Å²) in [4.78, 5) is 11.2. The van der Waals surface area contributed by atoms with Crippen LogP contribution in [0.4, 0.5) is 0 Å². The minimum absolute atomic E-state index is 0.137. The summed E-state index contributed by atoms with van der Waals surface area (Å²) in [6, 6.07) is -0.179. The molecule has 0 spiro atoms. The minimum Gasteiger partial charge on any atom is -0.465 e. The van der Waals surface area contributed by atoms with Crippen LogP contribution in [0.1, 0.15) is 32.6 Å². The predicted molar refractivity (Wildman–Crippen MR) is 51.4 cm³/mol. The van der Waals surface area contributed by atoms with Crippen LogP contribution in [0.15, 0.2) is 0 Å². The highest BCUT2D eigenvalue weighted by molar-refractivity contribution is 5.75. The maximum atomic E-state index is 11.2. The van der Waals surface area contributed by atoms with Crippen molar-refractivity contribution < 1.29 is 9.53 Å². The monoisotopic (exact) mass is 185 g/mol. The zero-order valence-electron chi connectivity index (χ0n) is 8.51. The Morgan fingerprint density at radius 1 is 1.62 bits per heavy atom. The predicted octanol–water partition coefficient (Wildman–Crippen LogP) is 1.33. The van der Waals surface area contributed by atoms with E-state index in [1.807, 2.05) is 6.92 Å². The zero-order chi connectivity index (χ0) is 9.68. The number of ether oxygens (including phenoxy) is 1. The van der Waals surface area contributed by atoms with Crippen LogP contribution in [-0.4, -0.2) is 25.7 Å². The summed E-state index contributed by atoms with van der Waals surface area (Å²) in [7, 11) is 1.76. The molecule has 0 aromatic carbocycles. The molecule has 1 atom stereocenters. The van der Waals surface area contributed by atoms with Gasteiger partial charge in [-0.2, -0.15) is 0 Å². The van der Waals surface area contributed by atoms with Gasteiger partial charge in [-0.05, 0) is 26.3 Å². The van der Waals surface area contributed by atoms with E-state index in [2.05, 4.69) is 5.32 Å². The Morgan fingerprint density at radius 3 is 2.77 bits per heavy atom. The van der Waals surface area contributed by atoms with Gasteiger partial charge in [0.2, 0.25) is 0 Å². The Hall–Kier alpha value is -0.570. The highest BCUT2D eigenvalue weighted by atomic mass is 16.5. The Bertz CT molecular complexity index is 166. The molecule has 0 aromatic heterocycles. The van der Waals surface area contributed by atoms with Gasteiger partial charge in [0.1, 0.15) is 6.04 Å². The van der Waals surface area contributed by atoms with Gasteiger partial charge in [-0.15, -0.1) is 0 Å². The summed E-state index contributed by atoms with van der Waals surface area (Å²) in [5, 5.41) is 2.86. The van der Waals surface area contributed by atoms with Crippen LogP contribution in [0.25, 0.3) is 0 Å². The fourth-order valence-electron chi connectivity index (χ4n) is 1.35. The first-order valence-electron chi connectivity index (χ1n) is 5.08. The van der Waals surface area contributed by atoms with Gasteiger partial charge >= 0.3 is 5.97 Å². The summed E-state index contributed by atoms with van der Waals surface area (Å²) in [6.07, 6.45) is 5.03. The number of rotatable bonds is 5. The maximum Gasteiger partial charge on any atom is 0.322 e. The van der Waals surface area contributed by atoms with Gasteiger partial charge in [0.25, 0.3) is 0 Å². The molecule has 1 aliphatic carbocycles. The second-order valence-corrected chi connectivity index (χ2v) is 3.76. The Morgan fingerprint density at radius 2 is 2.31 bits per heavy atom. The SMILES string of the molecule is CNC(C)C(=O)OCCC1CCC1. The summed E-state index contributed by atoms with van der Waals surface area (Å²) in [5.41, 5.74) is 0. The normalized spacial score (nSPS) is 19.2. The highest BCUT2D eigenvalue weighted by Crippen LogP contribution is 2.29. The molecule has 0 saturated heterocycles. The van der Waals surface area contributed by atoms with Gasteiger partial charge < -0.3 is 10.1 Å². The number of esters is 1. The first-order valence-corrected chi connectivity index (χ1v) is 5.08. The maximum absolute atomic E-state index is 11.2. The third kappa shape index (κ3) is 3.35. The molecule has 13 heavy (non-hydrogen) atoms. The van der Waals surface area contributed by atoms with Crippen molar-refractivity contribution in [3.05, 3.63) is 0 Å². The number of carbonyl (C=O) groups is 1. The van der Waals surface area contributed by atoms with E-state index < -0.39 is 0 Å². The highest BCUT2D eigenvalue weighted by Gasteiger charge is 2.18. The molecule has 0 aliphatic heterocycles. The first-order chi connectivity index (χ1) is 6.24. The summed E-state index contributed by atoms with van der Waals surface area (Å²) in [6.45, 7) is 2.40. The van der Waals surface area contributed by atoms with E-state index in [1.165, 1.54) is 19.3 Å². The topological polar surface area (TPSA) is 38.3 Å². The Kier molecular flexibility index (Phi) is 4.22. The molecule has 1 saturated carbocycles. The second kappa shape index (κ2) is 5.22. The number of hydrogen-bond acceptors (Lipinski definition) is 3. The number of nitrogens with one attached hydrogen (secondary N) is 1. The van der Waals surface area contributed by atoms with Crippen LogP contribution in [0, 0.1) is 5.92 Å². The van der Waals surface area contributed by atoms with Crippen LogP contribution >= 0.6 is 0 Å². The van der Waals surface area contributed by atoms with Crippen molar-refractivity contribution in [3.8, 4) is 0 Å². The lowest BCUT2D eigenvalue weighted by atomic mass is 9.83. The third-order valence-electron chi connectivity index (χ3n) is 2.78. The summed E-state index contributed by atoms with van der Waals surface area (Å²) in [5.74, 6) is 0.680. The molecule has 3 heteroatoms. The number of carbonyl (C=O) groups excluding carboxylic acids is 1. The van der Waals surface area contributed by atoms with E-state index in [0.29, 0.717) is 6.61 Å². The molecule has 1 fully saturated rings. The van der Waals surface area contributed by atoms with Crippen molar-refractivity contribution >= 4 is 5.97 Å². The molecule has 0 heterocycles. The van der Waals surface area contributed by atoms with Crippen LogP contribution in [0.2, 0.25) is 0 Å². The molecule has 76 valence electrons. The third-order valence-corrected chi connectivity index (χ3v) is 2.78. The molecular formula is C10H19NO2. The van der Waals surface area contributed by atoms with E-state index in [4.69, 9.17) is 4.74 Å². The van der Waals surface area contributed by atoms with Crippen LogP contribution in [0.5, 0.6) is 0 Å². The lowest BCUT2D eigenvalue weighted by Crippen LogP contribution is -2.32. The van der Waals surface area contributed by atoms with Gasteiger partial charge in [-0.1, -0.05) is 19.3 Å².